The summed E-state index contributed by atoms with van der Waals surface area (Å²) in [6.45, 7) is 1.79. The second-order valence-electron chi connectivity index (χ2n) is 6.75. The fourth-order valence-electron chi connectivity index (χ4n) is 2.61. The zero-order valence-corrected chi connectivity index (χ0v) is 20.3. The number of halogens is 2. The second-order valence-corrected chi connectivity index (χ2v) is 9.64. The number of nitrogens with zero attached hydrogens (tertiary/aromatic N) is 2. The molecule has 3 rings (SSSR count). The minimum absolute atomic E-state index is 0.210. The lowest BCUT2D eigenvalue weighted by Crippen LogP contribution is -2.08. The van der Waals surface area contributed by atoms with Crippen molar-refractivity contribution in [1.29, 1.82) is 10.2 Å². The molecule has 0 aliphatic heterocycles. The zero-order chi connectivity index (χ0) is 24.8. The van der Waals surface area contributed by atoms with Crippen LogP contribution in [-0.4, -0.2) is 44.5 Å². The second kappa shape index (κ2) is 11.1. The number of carbonyl (C=O) groups excluding carboxylic acids is 1. The Labute approximate surface area is 201 Å². The number of ether oxygens (including phenoxy) is 1. The highest BCUT2D eigenvalue weighted by Gasteiger charge is 2.17. The van der Waals surface area contributed by atoms with Crippen molar-refractivity contribution in [1.82, 2.24) is 15.0 Å². The number of nitrogen functional groups attached to an aromatic ring is 1. The Hall–Kier alpha value is -3.15. The predicted molar refractivity (Wildman–Crippen MR) is 130 cm³/mol. The molecule has 1 aromatic carbocycles. The first kappa shape index (κ1) is 26.1. The summed E-state index contributed by atoms with van der Waals surface area (Å²) < 4.78 is 24.0. The number of nitrogens with one attached hydrogen (secondary N) is 4. The van der Waals surface area contributed by atoms with Gasteiger partial charge in [-0.1, -0.05) is 23.2 Å². The highest BCUT2D eigenvalue weighted by molar-refractivity contribution is 7.91. The van der Waals surface area contributed by atoms with E-state index < -0.39 is 15.8 Å². The lowest BCUT2D eigenvalue weighted by molar-refractivity contribution is -0.102. The monoisotopic (exact) mass is 511 g/mol. The molecule has 176 valence electrons. The molecule has 0 saturated heterocycles. The molecule has 0 bridgehead atoms. The Bertz CT molecular complexity index is 1240. The number of aromatic nitrogens is 3. The molecule has 0 aliphatic carbocycles. The molecule has 0 amide bonds. The maximum atomic E-state index is 11.1. The number of pyridine rings is 1. The quantitative estimate of drug-likeness (QED) is 0.180. The van der Waals surface area contributed by atoms with E-state index in [4.69, 9.17) is 43.9 Å². The van der Waals surface area contributed by atoms with Gasteiger partial charge in [-0.3, -0.25) is 15.2 Å². The van der Waals surface area contributed by atoms with Gasteiger partial charge in [0.15, 0.2) is 6.29 Å². The largest absolute Gasteiger partial charge is 0.486 e. The smallest absolute Gasteiger partial charge is 0.206 e. The minimum Gasteiger partial charge on any atom is -0.486 e. The van der Waals surface area contributed by atoms with Crippen molar-refractivity contribution >= 4 is 56.4 Å². The third-order valence-electron chi connectivity index (χ3n) is 4.23. The summed E-state index contributed by atoms with van der Waals surface area (Å²) in [4.78, 5) is 21.1. The van der Waals surface area contributed by atoms with Gasteiger partial charge in [0.25, 0.3) is 0 Å². The number of nitrogens with two attached hydrogens (primary N) is 1. The van der Waals surface area contributed by atoms with E-state index in [1.54, 1.807) is 26.1 Å². The lowest BCUT2D eigenvalue weighted by Gasteiger charge is -2.18. The van der Waals surface area contributed by atoms with Gasteiger partial charge < -0.3 is 20.8 Å². The van der Waals surface area contributed by atoms with Gasteiger partial charge >= 0.3 is 0 Å². The number of anilines is 2. The molecule has 2 unspecified atom stereocenters. The van der Waals surface area contributed by atoms with Gasteiger partial charge in [-0.15, -0.1) is 0 Å². The van der Waals surface area contributed by atoms with Crippen LogP contribution in [0.1, 0.15) is 24.2 Å². The number of hydrogen-bond acceptors (Lipinski definition) is 9. The Kier molecular flexibility index (Phi) is 8.80. The van der Waals surface area contributed by atoms with Gasteiger partial charge in [-0.05, 0) is 25.1 Å². The molecular formula is C20H23Cl2N7O3S. The predicted octanol–water partition coefficient (Wildman–Crippen LogP) is 4.16. The van der Waals surface area contributed by atoms with Crippen molar-refractivity contribution in [3.05, 3.63) is 58.0 Å². The number of rotatable bonds is 7. The average molecular weight is 512 g/mol. The number of carbonyl (C=O) groups is 1. The van der Waals surface area contributed by atoms with Crippen LogP contribution in [0.15, 0.2) is 41.9 Å². The summed E-state index contributed by atoms with van der Waals surface area (Å²) >= 11 is 12.2. The van der Waals surface area contributed by atoms with Crippen LogP contribution in [0.2, 0.25) is 10.0 Å². The van der Waals surface area contributed by atoms with Crippen molar-refractivity contribution in [2.45, 2.75) is 18.2 Å². The van der Waals surface area contributed by atoms with Crippen LogP contribution in [0.3, 0.4) is 0 Å². The fraction of sp³-hybridized carbons (Fsp3) is 0.200. The van der Waals surface area contributed by atoms with E-state index in [0.29, 0.717) is 44.7 Å². The molecule has 10 nitrogen and oxygen atoms in total. The van der Waals surface area contributed by atoms with Gasteiger partial charge in [0, 0.05) is 42.5 Å². The SMILES string of the molecule is CC(Oc1ccc(N)c(C(=N)C=O)c1)c1c(Cl)cncc1Cl.CNc1cnc(S(C)(=N)=O)[nH]1. The summed E-state index contributed by atoms with van der Waals surface area (Å²) in [6, 6.07) is 4.76. The lowest BCUT2D eigenvalue weighted by atomic mass is 10.1. The van der Waals surface area contributed by atoms with Crippen molar-refractivity contribution < 1.29 is 13.7 Å². The molecule has 33 heavy (non-hydrogen) atoms. The van der Waals surface area contributed by atoms with E-state index in [0.717, 1.165) is 0 Å². The van der Waals surface area contributed by atoms with E-state index >= 15 is 0 Å². The Morgan fingerprint density at radius 1 is 1.30 bits per heavy atom. The molecular weight excluding hydrogens is 489 g/mol. The van der Waals surface area contributed by atoms with Gasteiger partial charge in [-0.2, -0.15) is 0 Å². The maximum Gasteiger partial charge on any atom is 0.206 e. The van der Waals surface area contributed by atoms with Crippen molar-refractivity contribution in [2.24, 2.45) is 0 Å². The van der Waals surface area contributed by atoms with Gasteiger partial charge in [0.1, 0.15) is 33.1 Å². The van der Waals surface area contributed by atoms with E-state index in [9.17, 15) is 9.00 Å². The van der Waals surface area contributed by atoms with Crippen LogP contribution in [0, 0.1) is 10.2 Å². The number of aldehydes is 1. The molecule has 0 spiro atoms. The highest BCUT2D eigenvalue weighted by Crippen LogP contribution is 2.33. The summed E-state index contributed by atoms with van der Waals surface area (Å²) in [5.74, 6) is 1.12. The third-order valence-corrected chi connectivity index (χ3v) is 5.78. The highest BCUT2D eigenvalue weighted by atomic mass is 35.5. The number of aromatic amines is 1. The number of hydrogen-bond donors (Lipinski definition) is 5. The Balaban J connectivity index is 0.000000294. The zero-order valence-electron chi connectivity index (χ0n) is 18.0. The molecule has 2 aromatic heterocycles. The first-order chi connectivity index (χ1) is 15.5. The van der Waals surface area contributed by atoms with E-state index in [1.165, 1.54) is 30.9 Å². The van der Waals surface area contributed by atoms with E-state index in [1.807, 2.05) is 0 Å². The standard InChI is InChI=1S/C15H13Cl2N3O2.C5H10N4OS/c1-8(15-11(16)5-20-6-12(15)17)22-9-2-3-13(18)10(4-9)14(19)7-21;1-7-4-3-8-5(9-4)11(2,6)10/h2-8,19H,18H2,1H3;3,6-7H,1-2H3,(H,8,9). The molecule has 0 radical (unpaired) electrons. The Morgan fingerprint density at radius 3 is 2.42 bits per heavy atom. The number of imidazole rings is 1. The van der Waals surface area contributed by atoms with Gasteiger partial charge in [-0.25, -0.2) is 14.0 Å². The van der Waals surface area contributed by atoms with Crippen LogP contribution in [0.4, 0.5) is 11.5 Å². The van der Waals surface area contributed by atoms with Crippen LogP contribution in [0.25, 0.3) is 0 Å². The van der Waals surface area contributed by atoms with Crippen LogP contribution in [0.5, 0.6) is 5.75 Å². The average Bonchev–Trinajstić information content (AvgIpc) is 3.25. The summed E-state index contributed by atoms with van der Waals surface area (Å²) in [5.41, 5.74) is 6.79. The summed E-state index contributed by atoms with van der Waals surface area (Å²) in [5, 5.41) is 11.4. The first-order valence-electron chi connectivity index (χ1n) is 9.33. The van der Waals surface area contributed by atoms with Crippen molar-refractivity contribution in [3.8, 4) is 5.75 Å². The van der Waals surface area contributed by atoms with Gasteiger partial charge in [0.2, 0.25) is 5.16 Å². The van der Waals surface area contributed by atoms with Crippen molar-refractivity contribution in [3.63, 3.8) is 0 Å². The fourth-order valence-corrected chi connectivity index (χ4v) is 3.84. The molecule has 6 N–H and O–H groups in total. The first-order valence-corrected chi connectivity index (χ1v) is 12.1. The van der Waals surface area contributed by atoms with Gasteiger partial charge in [0.05, 0.1) is 16.2 Å². The Morgan fingerprint density at radius 2 is 1.94 bits per heavy atom. The molecule has 13 heteroatoms. The van der Waals surface area contributed by atoms with Crippen LogP contribution >= 0.6 is 23.2 Å². The molecule has 0 aliphatic rings. The minimum atomic E-state index is -2.70. The number of benzene rings is 1. The molecule has 2 atom stereocenters. The van der Waals surface area contributed by atoms with E-state index in [-0.39, 0.29) is 10.9 Å². The third kappa shape index (κ3) is 6.91. The topological polar surface area (TPSA) is 171 Å². The molecule has 0 fully saturated rings. The normalized spacial score (nSPS) is 13.1. The summed E-state index contributed by atoms with van der Waals surface area (Å²) in [7, 11) is -0.978. The maximum absolute atomic E-state index is 11.1. The molecule has 0 saturated carbocycles. The van der Waals surface area contributed by atoms with Crippen molar-refractivity contribution in [2.75, 3.05) is 24.4 Å². The summed E-state index contributed by atoms with van der Waals surface area (Å²) in [6.07, 6.45) is 5.79. The van der Waals surface area contributed by atoms with Crippen LogP contribution in [-0.2, 0) is 14.5 Å². The molecule has 3 aromatic rings. The number of H-pyrrole nitrogens is 1. The van der Waals surface area contributed by atoms with E-state index in [2.05, 4.69) is 20.3 Å². The molecule has 2 heterocycles. The van der Waals surface area contributed by atoms with Crippen LogP contribution < -0.4 is 15.8 Å².